The molecule has 0 N–H and O–H groups in total. The fourth-order valence-electron chi connectivity index (χ4n) is 4.56. The van der Waals surface area contributed by atoms with E-state index in [2.05, 4.69) is 0 Å². The first-order chi connectivity index (χ1) is 15.9. The largest absolute Gasteiger partial charge is 0.450 e. The van der Waals surface area contributed by atoms with E-state index in [1.165, 1.54) is 12.1 Å². The fourth-order valence-corrected chi connectivity index (χ4v) is 4.97. The lowest BCUT2D eigenvalue weighted by molar-refractivity contribution is 0.0714. The lowest BCUT2D eigenvalue weighted by Crippen LogP contribution is -2.29. The summed E-state index contributed by atoms with van der Waals surface area (Å²) in [6.45, 7) is 4.04. The fraction of sp³-hybridized carbons (Fsp3) is 0.185. The van der Waals surface area contributed by atoms with E-state index < -0.39 is 6.04 Å². The van der Waals surface area contributed by atoms with Crippen molar-refractivity contribution in [3.63, 3.8) is 0 Å². The minimum atomic E-state index is -0.588. The van der Waals surface area contributed by atoms with Crippen LogP contribution in [0.5, 0.6) is 0 Å². The summed E-state index contributed by atoms with van der Waals surface area (Å²) in [5, 5.41) is 0.480. The van der Waals surface area contributed by atoms with E-state index in [0.717, 1.165) is 27.1 Å². The Hall–Kier alpha value is -3.38. The van der Waals surface area contributed by atoms with E-state index in [-0.39, 0.29) is 29.5 Å². The summed E-state index contributed by atoms with van der Waals surface area (Å²) in [7, 11) is 0. The van der Waals surface area contributed by atoms with Gasteiger partial charge in [-0.1, -0.05) is 30.3 Å². The van der Waals surface area contributed by atoms with Crippen LogP contribution in [0.15, 0.2) is 74.8 Å². The zero-order valence-electron chi connectivity index (χ0n) is 18.5. The summed E-state index contributed by atoms with van der Waals surface area (Å²) in [5.74, 6) is -0.597. The molecule has 1 atom stereocenters. The topological polar surface area (TPSA) is 50.5 Å². The number of halogens is 1. The van der Waals surface area contributed by atoms with E-state index in [1.807, 2.05) is 56.5 Å². The highest BCUT2D eigenvalue weighted by molar-refractivity contribution is 7.98. The third kappa shape index (κ3) is 3.64. The molecule has 5 rings (SSSR count). The monoisotopic (exact) mass is 459 g/mol. The van der Waals surface area contributed by atoms with Crippen LogP contribution in [0, 0.1) is 19.7 Å². The minimum Gasteiger partial charge on any atom is -0.450 e. The van der Waals surface area contributed by atoms with Crippen LogP contribution in [-0.2, 0) is 6.54 Å². The first kappa shape index (κ1) is 21.5. The van der Waals surface area contributed by atoms with Gasteiger partial charge in [-0.25, -0.2) is 4.39 Å². The molecule has 4 nitrogen and oxygen atoms in total. The van der Waals surface area contributed by atoms with Crippen molar-refractivity contribution in [1.29, 1.82) is 0 Å². The standard InChI is InChI=1S/C27H22FNO3S/c1-15-12-16(2)25-21(13-15)24(30)22-23(18-6-10-20(33-3)11-7-18)29(27(31)26(22)32-25)14-17-4-8-19(28)9-5-17/h4-13,23H,14H2,1-3H3. The van der Waals surface area contributed by atoms with E-state index in [4.69, 9.17) is 4.42 Å². The summed E-state index contributed by atoms with van der Waals surface area (Å²) in [6, 6.07) is 17.1. The molecule has 166 valence electrons. The molecule has 0 radical (unpaired) electrons. The van der Waals surface area contributed by atoms with Gasteiger partial charge in [-0.2, -0.15) is 0 Å². The third-order valence-electron chi connectivity index (χ3n) is 6.09. The van der Waals surface area contributed by atoms with E-state index in [1.54, 1.807) is 28.8 Å². The molecular formula is C27H22FNO3S. The average Bonchev–Trinajstić information content (AvgIpc) is 3.08. The SMILES string of the molecule is CSc1ccc(C2c3c(oc4c(C)cc(C)cc4c3=O)C(=O)N2Cc2ccc(F)cc2)cc1. The Balaban J connectivity index is 1.73. The number of hydrogen-bond acceptors (Lipinski definition) is 4. The van der Waals surface area contributed by atoms with Crippen molar-refractivity contribution in [2.45, 2.75) is 31.3 Å². The molecule has 0 spiro atoms. The second-order valence-electron chi connectivity index (χ2n) is 8.37. The lowest BCUT2D eigenvalue weighted by Gasteiger charge is -2.25. The Morgan fingerprint density at radius 3 is 2.36 bits per heavy atom. The smallest absolute Gasteiger partial charge is 0.291 e. The molecule has 0 bridgehead atoms. The molecule has 0 saturated carbocycles. The second-order valence-corrected chi connectivity index (χ2v) is 9.25. The van der Waals surface area contributed by atoms with Crippen LogP contribution < -0.4 is 5.43 Å². The van der Waals surface area contributed by atoms with Gasteiger partial charge in [0.15, 0.2) is 5.43 Å². The summed E-state index contributed by atoms with van der Waals surface area (Å²) in [4.78, 5) is 30.0. The molecule has 4 aromatic rings. The van der Waals surface area contributed by atoms with Crippen molar-refractivity contribution in [1.82, 2.24) is 4.90 Å². The van der Waals surface area contributed by atoms with E-state index in [9.17, 15) is 14.0 Å². The number of carbonyl (C=O) groups excluding carboxylic acids is 1. The summed E-state index contributed by atoms with van der Waals surface area (Å²) < 4.78 is 19.6. The van der Waals surface area contributed by atoms with Gasteiger partial charge in [0.1, 0.15) is 11.4 Å². The average molecular weight is 460 g/mol. The number of hydrogen-bond donors (Lipinski definition) is 0. The number of thioether (sulfide) groups is 1. The van der Waals surface area contributed by atoms with Gasteiger partial charge in [0, 0.05) is 11.4 Å². The third-order valence-corrected chi connectivity index (χ3v) is 6.84. The molecular weight excluding hydrogens is 437 g/mol. The number of benzene rings is 3. The molecule has 33 heavy (non-hydrogen) atoms. The molecule has 1 aromatic heterocycles. The zero-order chi connectivity index (χ0) is 23.3. The van der Waals surface area contributed by atoms with Gasteiger partial charge in [-0.05, 0) is 72.7 Å². The number of rotatable bonds is 4. The second kappa shape index (κ2) is 8.19. The van der Waals surface area contributed by atoms with Crippen molar-refractivity contribution in [3.05, 3.63) is 110 Å². The highest BCUT2D eigenvalue weighted by Crippen LogP contribution is 2.40. The Labute approximate surface area is 195 Å². The predicted molar refractivity (Wildman–Crippen MR) is 128 cm³/mol. The maximum absolute atomic E-state index is 13.7. The van der Waals surface area contributed by atoms with Crippen LogP contribution in [0.3, 0.4) is 0 Å². The van der Waals surface area contributed by atoms with Crippen LogP contribution >= 0.6 is 11.8 Å². The Morgan fingerprint density at radius 1 is 1.00 bits per heavy atom. The molecule has 1 amide bonds. The number of aryl methyl sites for hydroxylation is 2. The van der Waals surface area contributed by atoms with Gasteiger partial charge >= 0.3 is 0 Å². The Bertz CT molecular complexity index is 1440. The first-order valence-corrected chi connectivity index (χ1v) is 11.9. The maximum atomic E-state index is 13.7. The first-order valence-electron chi connectivity index (χ1n) is 10.6. The molecule has 3 aromatic carbocycles. The number of carbonyl (C=O) groups is 1. The molecule has 0 aliphatic carbocycles. The van der Waals surface area contributed by atoms with Gasteiger partial charge in [-0.15, -0.1) is 11.8 Å². The molecule has 0 fully saturated rings. The van der Waals surface area contributed by atoms with Crippen molar-refractivity contribution in [2.24, 2.45) is 0 Å². The normalized spacial score (nSPS) is 15.3. The summed E-state index contributed by atoms with van der Waals surface area (Å²) >= 11 is 1.62. The highest BCUT2D eigenvalue weighted by Gasteiger charge is 2.42. The van der Waals surface area contributed by atoms with Crippen LogP contribution in [0.1, 0.15) is 44.4 Å². The summed E-state index contributed by atoms with van der Waals surface area (Å²) in [6.07, 6.45) is 2.00. The van der Waals surface area contributed by atoms with Crippen molar-refractivity contribution < 1.29 is 13.6 Å². The zero-order valence-corrected chi connectivity index (χ0v) is 19.3. The maximum Gasteiger partial charge on any atom is 0.291 e. The molecule has 0 saturated heterocycles. The highest BCUT2D eigenvalue weighted by atomic mass is 32.2. The van der Waals surface area contributed by atoms with E-state index in [0.29, 0.717) is 16.5 Å². The number of amides is 1. The van der Waals surface area contributed by atoms with Gasteiger partial charge in [-0.3, -0.25) is 9.59 Å². The molecule has 1 aliphatic rings. The number of nitrogens with zero attached hydrogens (tertiary/aromatic N) is 1. The summed E-state index contributed by atoms with van der Waals surface area (Å²) in [5.41, 5.74) is 3.99. The van der Waals surface area contributed by atoms with Crippen LogP contribution in [0.2, 0.25) is 0 Å². The molecule has 1 aliphatic heterocycles. The van der Waals surface area contributed by atoms with Crippen molar-refractivity contribution >= 4 is 28.6 Å². The quantitative estimate of drug-likeness (QED) is 0.351. The molecule has 6 heteroatoms. The van der Waals surface area contributed by atoms with Gasteiger partial charge < -0.3 is 9.32 Å². The van der Waals surface area contributed by atoms with Crippen LogP contribution in [-0.4, -0.2) is 17.1 Å². The minimum absolute atomic E-state index is 0.0838. The van der Waals surface area contributed by atoms with Crippen molar-refractivity contribution in [3.8, 4) is 0 Å². The number of fused-ring (bicyclic) bond motifs is 2. The van der Waals surface area contributed by atoms with Gasteiger partial charge in [0.25, 0.3) is 5.91 Å². The predicted octanol–water partition coefficient (Wildman–Crippen LogP) is 6.02. The van der Waals surface area contributed by atoms with E-state index >= 15 is 0 Å². The van der Waals surface area contributed by atoms with Crippen LogP contribution in [0.4, 0.5) is 4.39 Å². The van der Waals surface area contributed by atoms with Gasteiger partial charge in [0.2, 0.25) is 5.76 Å². The Kier molecular flexibility index (Phi) is 5.33. The molecule has 2 heterocycles. The Morgan fingerprint density at radius 2 is 1.70 bits per heavy atom. The van der Waals surface area contributed by atoms with Crippen LogP contribution in [0.25, 0.3) is 11.0 Å². The van der Waals surface area contributed by atoms with Crippen molar-refractivity contribution in [2.75, 3.05) is 6.26 Å². The van der Waals surface area contributed by atoms with Gasteiger partial charge in [0.05, 0.1) is 17.0 Å². The molecule has 1 unspecified atom stereocenters. The lowest BCUT2D eigenvalue weighted by atomic mass is 9.97.